The van der Waals surface area contributed by atoms with Crippen molar-refractivity contribution in [1.82, 2.24) is 25.7 Å². The zero-order chi connectivity index (χ0) is 25.7. The normalized spacial score (nSPS) is 19.6. The van der Waals surface area contributed by atoms with Crippen LogP contribution in [0.3, 0.4) is 0 Å². The third-order valence-corrected chi connectivity index (χ3v) is 5.58. The SMILES string of the molecule is C=N/C=C\N(N)CC1CN(c2cc(F)c(C3C=CC(CNCc4cn[nH]n4)=NC3)c(F)c2F)C(=O)O1. The van der Waals surface area contributed by atoms with Crippen LogP contribution in [-0.2, 0) is 11.3 Å². The van der Waals surface area contributed by atoms with Crippen molar-refractivity contribution in [2.75, 3.05) is 31.1 Å². The summed E-state index contributed by atoms with van der Waals surface area (Å²) in [5.41, 5.74) is 0.397. The van der Waals surface area contributed by atoms with E-state index in [0.29, 0.717) is 18.8 Å². The number of anilines is 1. The quantitative estimate of drug-likeness (QED) is 0.195. The first-order chi connectivity index (χ1) is 17.4. The number of ether oxygens (including phenoxy) is 1. The van der Waals surface area contributed by atoms with Gasteiger partial charge in [0.2, 0.25) is 0 Å². The molecular formula is C22H24F3N9O2. The molecule has 3 heterocycles. The van der Waals surface area contributed by atoms with Gasteiger partial charge in [-0.25, -0.2) is 23.8 Å². The minimum atomic E-state index is -1.38. The number of hydrazine groups is 1. The maximum absolute atomic E-state index is 15.0. The minimum Gasteiger partial charge on any atom is -0.442 e. The molecule has 2 unspecified atom stereocenters. The van der Waals surface area contributed by atoms with Gasteiger partial charge in [-0.15, -0.1) is 0 Å². The van der Waals surface area contributed by atoms with Gasteiger partial charge in [0.05, 0.1) is 30.7 Å². The van der Waals surface area contributed by atoms with Crippen molar-refractivity contribution < 1.29 is 22.7 Å². The number of carbonyl (C=O) groups excluding carboxylic acids is 1. The first-order valence-corrected chi connectivity index (χ1v) is 10.9. The van der Waals surface area contributed by atoms with Gasteiger partial charge >= 0.3 is 6.09 Å². The molecule has 1 fully saturated rings. The van der Waals surface area contributed by atoms with Crippen LogP contribution in [-0.4, -0.2) is 71.2 Å². The smallest absolute Gasteiger partial charge is 0.414 e. The van der Waals surface area contributed by atoms with Gasteiger partial charge in [-0.1, -0.05) is 6.08 Å². The lowest BCUT2D eigenvalue weighted by atomic mass is 9.94. The molecule has 0 spiro atoms. The predicted molar refractivity (Wildman–Crippen MR) is 126 cm³/mol. The Morgan fingerprint density at radius 3 is 2.89 bits per heavy atom. The van der Waals surface area contributed by atoms with Crippen LogP contribution >= 0.6 is 0 Å². The van der Waals surface area contributed by atoms with Crippen molar-refractivity contribution in [3.8, 4) is 0 Å². The topological polar surface area (TPSA) is 137 Å². The molecule has 2 aliphatic rings. The average Bonchev–Trinajstić information content (AvgIpc) is 3.50. The Hall–Kier alpha value is -4.04. The molecule has 0 aliphatic carbocycles. The van der Waals surface area contributed by atoms with Gasteiger partial charge in [-0.05, 0) is 12.8 Å². The maximum atomic E-state index is 15.0. The van der Waals surface area contributed by atoms with E-state index in [0.717, 1.165) is 16.7 Å². The number of nitrogens with zero attached hydrogens (tertiary/aromatic N) is 6. The summed E-state index contributed by atoms with van der Waals surface area (Å²) < 4.78 is 50.2. The first kappa shape index (κ1) is 25.1. The number of amides is 1. The van der Waals surface area contributed by atoms with Gasteiger partial charge < -0.3 is 15.1 Å². The average molecular weight is 503 g/mol. The van der Waals surface area contributed by atoms with E-state index in [9.17, 15) is 4.79 Å². The molecule has 11 nitrogen and oxygen atoms in total. The zero-order valence-corrected chi connectivity index (χ0v) is 19.1. The molecule has 14 heteroatoms. The molecule has 1 amide bonds. The first-order valence-electron chi connectivity index (χ1n) is 10.9. The Labute approximate surface area is 204 Å². The van der Waals surface area contributed by atoms with Crippen LogP contribution in [0.1, 0.15) is 17.2 Å². The molecule has 1 aromatic heterocycles. The van der Waals surface area contributed by atoms with Crippen LogP contribution in [0.5, 0.6) is 0 Å². The summed E-state index contributed by atoms with van der Waals surface area (Å²) in [7, 11) is 0. The van der Waals surface area contributed by atoms with Gasteiger partial charge in [0.15, 0.2) is 11.6 Å². The van der Waals surface area contributed by atoms with Gasteiger partial charge in [0.1, 0.15) is 11.9 Å². The van der Waals surface area contributed by atoms with Crippen LogP contribution in [0.25, 0.3) is 0 Å². The molecule has 0 bridgehead atoms. The van der Waals surface area contributed by atoms with E-state index in [4.69, 9.17) is 10.6 Å². The number of dihydropyridines is 1. The summed E-state index contributed by atoms with van der Waals surface area (Å²) in [4.78, 5) is 21.0. The Morgan fingerprint density at radius 2 is 2.19 bits per heavy atom. The summed E-state index contributed by atoms with van der Waals surface area (Å²) in [6.07, 6.45) is 5.83. The second kappa shape index (κ2) is 11.1. The van der Waals surface area contributed by atoms with Crippen LogP contribution < -0.4 is 16.1 Å². The lowest BCUT2D eigenvalue weighted by Crippen LogP contribution is -2.36. The number of aromatic nitrogens is 3. The second-order valence-corrected chi connectivity index (χ2v) is 8.08. The van der Waals surface area contributed by atoms with Crippen LogP contribution in [0.2, 0.25) is 0 Å². The molecule has 2 aliphatic heterocycles. The number of cyclic esters (lactones) is 1. The summed E-state index contributed by atoms with van der Waals surface area (Å²) >= 11 is 0. The summed E-state index contributed by atoms with van der Waals surface area (Å²) in [5, 5.41) is 14.5. The van der Waals surface area contributed by atoms with Crippen molar-refractivity contribution in [3.05, 3.63) is 65.5 Å². The van der Waals surface area contributed by atoms with Crippen LogP contribution in [0, 0.1) is 17.5 Å². The molecule has 0 saturated carbocycles. The van der Waals surface area contributed by atoms with Crippen LogP contribution in [0.15, 0.2) is 46.8 Å². The highest BCUT2D eigenvalue weighted by Crippen LogP contribution is 2.34. The molecule has 36 heavy (non-hydrogen) atoms. The molecule has 1 saturated heterocycles. The highest BCUT2D eigenvalue weighted by atomic mass is 19.2. The Morgan fingerprint density at radius 1 is 1.36 bits per heavy atom. The molecular weight excluding hydrogens is 479 g/mol. The van der Waals surface area contributed by atoms with Crippen LogP contribution in [0.4, 0.5) is 23.7 Å². The number of hydrogen-bond donors (Lipinski definition) is 3. The Kier molecular flexibility index (Phi) is 7.75. The molecule has 4 N–H and O–H groups in total. The van der Waals surface area contributed by atoms with Crippen molar-refractivity contribution in [2.24, 2.45) is 15.8 Å². The van der Waals surface area contributed by atoms with Crippen molar-refractivity contribution in [3.63, 3.8) is 0 Å². The number of carbonyl (C=O) groups is 1. The number of benzene rings is 1. The monoisotopic (exact) mass is 503 g/mol. The van der Waals surface area contributed by atoms with E-state index in [2.05, 4.69) is 37.4 Å². The van der Waals surface area contributed by atoms with Crippen molar-refractivity contribution >= 4 is 24.2 Å². The molecule has 190 valence electrons. The molecule has 2 aromatic rings. The number of aliphatic imine (C=N–C) groups is 2. The highest BCUT2D eigenvalue weighted by molar-refractivity contribution is 5.97. The summed E-state index contributed by atoms with van der Waals surface area (Å²) in [5.74, 6) is 1.22. The fraction of sp³-hybridized carbons (Fsp3) is 0.318. The number of hydrogen-bond acceptors (Lipinski definition) is 9. The summed E-state index contributed by atoms with van der Waals surface area (Å²) in [6, 6.07) is 0.797. The number of halogens is 3. The van der Waals surface area contributed by atoms with Gasteiger partial charge in [0.25, 0.3) is 0 Å². The lowest BCUT2D eigenvalue weighted by Gasteiger charge is -2.21. The summed E-state index contributed by atoms with van der Waals surface area (Å²) in [6.45, 7) is 4.10. The van der Waals surface area contributed by atoms with E-state index in [-0.39, 0.29) is 19.6 Å². The molecule has 1 aromatic carbocycles. The second-order valence-electron chi connectivity index (χ2n) is 8.08. The number of rotatable bonds is 10. The van der Waals surface area contributed by atoms with E-state index in [1.54, 1.807) is 18.3 Å². The van der Waals surface area contributed by atoms with E-state index in [1.807, 2.05) is 0 Å². The fourth-order valence-corrected chi connectivity index (χ4v) is 3.86. The highest BCUT2D eigenvalue weighted by Gasteiger charge is 2.37. The van der Waals surface area contributed by atoms with E-state index >= 15 is 13.2 Å². The van der Waals surface area contributed by atoms with Gasteiger partial charge in [0, 0.05) is 55.3 Å². The molecule has 2 atom stereocenters. The fourth-order valence-electron chi connectivity index (χ4n) is 3.86. The number of nitrogens with one attached hydrogen (secondary N) is 2. The van der Waals surface area contributed by atoms with E-state index in [1.165, 1.54) is 17.4 Å². The largest absolute Gasteiger partial charge is 0.442 e. The molecule has 0 radical (unpaired) electrons. The Bertz CT molecular complexity index is 1200. The third-order valence-electron chi connectivity index (χ3n) is 5.58. The standard InChI is InChI=1S/C22H24F3N9O2/c1-27-4-5-33(26)11-16-12-34(22(35)36-16)18-6-17(23)19(21(25)20(18)24)13-2-3-14(29-7-13)8-28-9-15-10-30-32-31-15/h2-6,10,13,16,28H,1,7-9,11-12,26H2,(H,30,31,32)/b5-4-. The minimum absolute atomic E-state index is 0.0390. The van der Waals surface area contributed by atoms with Gasteiger partial charge in [-0.3, -0.25) is 14.9 Å². The number of aromatic amines is 1. The zero-order valence-electron chi connectivity index (χ0n) is 19.1. The van der Waals surface area contributed by atoms with Crippen molar-refractivity contribution in [2.45, 2.75) is 18.6 Å². The Balaban J connectivity index is 1.42. The van der Waals surface area contributed by atoms with Gasteiger partial charge in [-0.2, -0.15) is 15.4 Å². The number of H-pyrrole nitrogens is 1. The van der Waals surface area contributed by atoms with Crippen molar-refractivity contribution in [1.29, 1.82) is 0 Å². The predicted octanol–water partition coefficient (Wildman–Crippen LogP) is 1.78. The maximum Gasteiger partial charge on any atom is 0.414 e. The lowest BCUT2D eigenvalue weighted by molar-refractivity contribution is 0.122. The number of nitrogens with two attached hydrogens (primary N) is 1. The van der Waals surface area contributed by atoms with E-state index < -0.39 is 46.8 Å². The third kappa shape index (κ3) is 5.60. The molecule has 4 rings (SSSR count).